The normalized spacial score (nSPS) is 10.5. The number of carbonyl (C=O) groups is 1. The summed E-state index contributed by atoms with van der Waals surface area (Å²) < 4.78 is 5.86. The van der Waals surface area contributed by atoms with Crippen LogP contribution in [0.2, 0.25) is 0 Å². The standard InChI is InChI=1S/C18H21NO2/c1-11-7-12(2)17(13(3)8-11)10-21-18-6-5-15(19)9-16(18)14(4)20/h5-9H,10,19H2,1-4H3. The molecule has 0 aliphatic rings. The van der Waals surface area contributed by atoms with E-state index in [1.807, 2.05) is 0 Å². The van der Waals surface area contributed by atoms with Crippen LogP contribution in [-0.4, -0.2) is 5.78 Å². The Balaban J connectivity index is 2.27. The maximum atomic E-state index is 11.7. The molecular weight excluding hydrogens is 262 g/mol. The minimum absolute atomic E-state index is 0.0466. The van der Waals surface area contributed by atoms with E-state index in [1.165, 1.54) is 23.6 Å². The second kappa shape index (κ2) is 6.00. The molecule has 0 saturated carbocycles. The molecule has 0 aliphatic heterocycles. The zero-order chi connectivity index (χ0) is 15.6. The number of rotatable bonds is 4. The number of ether oxygens (including phenoxy) is 1. The molecule has 0 aliphatic carbocycles. The van der Waals surface area contributed by atoms with Gasteiger partial charge in [0.05, 0.1) is 5.56 Å². The van der Waals surface area contributed by atoms with Crippen LogP contribution < -0.4 is 10.5 Å². The van der Waals surface area contributed by atoms with Gasteiger partial charge in [-0.1, -0.05) is 17.7 Å². The van der Waals surface area contributed by atoms with Crippen molar-refractivity contribution in [3.05, 3.63) is 58.1 Å². The zero-order valence-electron chi connectivity index (χ0n) is 13.0. The molecule has 0 heterocycles. The molecule has 0 bridgehead atoms. The lowest BCUT2D eigenvalue weighted by molar-refractivity contribution is 0.101. The summed E-state index contributed by atoms with van der Waals surface area (Å²) in [6.45, 7) is 8.20. The summed E-state index contributed by atoms with van der Waals surface area (Å²) in [4.78, 5) is 11.7. The van der Waals surface area contributed by atoms with Crippen molar-refractivity contribution in [2.24, 2.45) is 0 Å². The highest BCUT2D eigenvalue weighted by Gasteiger charge is 2.11. The molecule has 0 spiro atoms. The summed E-state index contributed by atoms with van der Waals surface area (Å²) in [7, 11) is 0. The summed E-state index contributed by atoms with van der Waals surface area (Å²) in [5.74, 6) is 0.533. The zero-order valence-corrected chi connectivity index (χ0v) is 13.0. The van der Waals surface area contributed by atoms with Gasteiger partial charge in [0.25, 0.3) is 0 Å². The Hall–Kier alpha value is -2.29. The highest BCUT2D eigenvalue weighted by Crippen LogP contribution is 2.24. The van der Waals surface area contributed by atoms with Crippen molar-refractivity contribution >= 4 is 11.5 Å². The van der Waals surface area contributed by atoms with Crippen LogP contribution in [0.4, 0.5) is 5.69 Å². The molecule has 0 unspecified atom stereocenters. The Morgan fingerprint density at radius 1 is 1.10 bits per heavy atom. The van der Waals surface area contributed by atoms with Crippen LogP contribution in [-0.2, 0) is 6.61 Å². The van der Waals surface area contributed by atoms with Crippen molar-refractivity contribution in [2.75, 3.05) is 5.73 Å². The first-order chi connectivity index (χ1) is 9.88. The average molecular weight is 283 g/mol. The van der Waals surface area contributed by atoms with E-state index in [-0.39, 0.29) is 5.78 Å². The number of ketones is 1. The molecule has 2 aromatic carbocycles. The molecule has 21 heavy (non-hydrogen) atoms. The van der Waals surface area contributed by atoms with E-state index < -0.39 is 0 Å². The Kier molecular flexibility index (Phi) is 4.32. The van der Waals surface area contributed by atoms with Crippen molar-refractivity contribution in [3.8, 4) is 5.75 Å². The molecular formula is C18H21NO2. The molecule has 0 radical (unpaired) electrons. The Labute approximate surface area is 125 Å². The second-order valence-electron chi connectivity index (χ2n) is 5.48. The van der Waals surface area contributed by atoms with Crippen molar-refractivity contribution in [1.29, 1.82) is 0 Å². The first-order valence-corrected chi connectivity index (χ1v) is 6.98. The van der Waals surface area contributed by atoms with Crippen LogP contribution >= 0.6 is 0 Å². The third-order valence-corrected chi connectivity index (χ3v) is 3.60. The summed E-state index contributed by atoms with van der Waals surface area (Å²) in [6, 6.07) is 9.44. The van der Waals surface area contributed by atoms with Gasteiger partial charge in [0.15, 0.2) is 5.78 Å². The largest absolute Gasteiger partial charge is 0.488 e. The van der Waals surface area contributed by atoms with E-state index in [1.54, 1.807) is 18.2 Å². The predicted octanol–water partition coefficient (Wildman–Crippen LogP) is 3.98. The summed E-state index contributed by atoms with van der Waals surface area (Å²) in [6.07, 6.45) is 0. The Morgan fingerprint density at radius 2 is 1.71 bits per heavy atom. The molecule has 0 amide bonds. The van der Waals surface area contributed by atoms with Gasteiger partial charge in [-0.3, -0.25) is 4.79 Å². The van der Waals surface area contributed by atoms with Gasteiger partial charge in [0.2, 0.25) is 0 Å². The number of hydrogen-bond donors (Lipinski definition) is 1. The monoisotopic (exact) mass is 283 g/mol. The highest BCUT2D eigenvalue weighted by molar-refractivity contribution is 5.97. The van der Waals surface area contributed by atoms with Gasteiger partial charge >= 0.3 is 0 Å². The van der Waals surface area contributed by atoms with Gasteiger partial charge < -0.3 is 10.5 Å². The van der Waals surface area contributed by atoms with E-state index in [9.17, 15) is 4.79 Å². The van der Waals surface area contributed by atoms with Gasteiger partial charge in [-0.2, -0.15) is 0 Å². The first kappa shape index (κ1) is 15.1. The van der Waals surface area contributed by atoms with Crippen LogP contribution in [0.1, 0.15) is 39.5 Å². The minimum Gasteiger partial charge on any atom is -0.488 e. The third kappa shape index (κ3) is 3.43. The van der Waals surface area contributed by atoms with Gasteiger partial charge in [-0.15, -0.1) is 0 Å². The summed E-state index contributed by atoms with van der Waals surface area (Å²) >= 11 is 0. The lowest BCUT2D eigenvalue weighted by Crippen LogP contribution is -2.05. The molecule has 110 valence electrons. The van der Waals surface area contributed by atoms with Gasteiger partial charge in [-0.25, -0.2) is 0 Å². The van der Waals surface area contributed by atoms with Crippen LogP contribution in [0, 0.1) is 20.8 Å². The number of hydrogen-bond acceptors (Lipinski definition) is 3. The van der Waals surface area contributed by atoms with Crippen molar-refractivity contribution in [2.45, 2.75) is 34.3 Å². The first-order valence-electron chi connectivity index (χ1n) is 6.98. The topological polar surface area (TPSA) is 52.3 Å². The maximum Gasteiger partial charge on any atom is 0.163 e. The van der Waals surface area contributed by atoms with Crippen molar-refractivity contribution in [3.63, 3.8) is 0 Å². The van der Waals surface area contributed by atoms with E-state index in [2.05, 4.69) is 32.9 Å². The van der Waals surface area contributed by atoms with E-state index in [4.69, 9.17) is 10.5 Å². The Morgan fingerprint density at radius 3 is 2.29 bits per heavy atom. The van der Waals surface area contributed by atoms with Crippen LogP contribution in [0.5, 0.6) is 5.75 Å². The minimum atomic E-state index is -0.0466. The highest BCUT2D eigenvalue weighted by atomic mass is 16.5. The Bertz CT molecular complexity index is 667. The number of benzene rings is 2. The molecule has 2 aromatic rings. The van der Waals surface area contributed by atoms with Crippen molar-refractivity contribution in [1.82, 2.24) is 0 Å². The fourth-order valence-electron chi connectivity index (χ4n) is 2.54. The molecule has 2 N–H and O–H groups in total. The molecule has 0 fully saturated rings. The molecule has 0 atom stereocenters. The van der Waals surface area contributed by atoms with Crippen LogP contribution in [0.15, 0.2) is 30.3 Å². The van der Waals surface area contributed by atoms with Gasteiger partial charge in [0, 0.05) is 5.69 Å². The molecule has 3 heteroatoms. The van der Waals surface area contributed by atoms with Crippen LogP contribution in [0.25, 0.3) is 0 Å². The van der Waals surface area contributed by atoms with Crippen LogP contribution in [0.3, 0.4) is 0 Å². The van der Waals surface area contributed by atoms with E-state index >= 15 is 0 Å². The van der Waals surface area contributed by atoms with Gasteiger partial charge in [-0.05, 0) is 62.6 Å². The van der Waals surface area contributed by atoms with Crippen molar-refractivity contribution < 1.29 is 9.53 Å². The number of nitrogen functional groups attached to an aromatic ring is 1. The number of carbonyl (C=O) groups excluding carboxylic acids is 1. The molecule has 0 saturated heterocycles. The summed E-state index contributed by atoms with van der Waals surface area (Å²) in [5.41, 5.74) is 11.6. The average Bonchev–Trinajstić information content (AvgIpc) is 2.38. The quantitative estimate of drug-likeness (QED) is 0.682. The van der Waals surface area contributed by atoms with Gasteiger partial charge in [0.1, 0.15) is 12.4 Å². The number of Topliss-reactive ketones (excluding diaryl/α,β-unsaturated/α-hetero) is 1. The predicted molar refractivity (Wildman–Crippen MR) is 85.8 cm³/mol. The lowest BCUT2D eigenvalue weighted by Gasteiger charge is -2.14. The maximum absolute atomic E-state index is 11.7. The summed E-state index contributed by atoms with van der Waals surface area (Å²) in [5, 5.41) is 0. The van der Waals surface area contributed by atoms with E-state index in [0.717, 1.165) is 5.56 Å². The fourth-order valence-corrected chi connectivity index (χ4v) is 2.54. The number of aryl methyl sites for hydroxylation is 3. The third-order valence-electron chi connectivity index (χ3n) is 3.60. The molecule has 0 aromatic heterocycles. The number of anilines is 1. The molecule has 2 rings (SSSR count). The van der Waals surface area contributed by atoms with E-state index in [0.29, 0.717) is 23.6 Å². The number of nitrogens with two attached hydrogens (primary N) is 1. The SMILES string of the molecule is CC(=O)c1cc(N)ccc1OCc1c(C)cc(C)cc1C. The second-order valence-corrected chi connectivity index (χ2v) is 5.48. The smallest absolute Gasteiger partial charge is 0.163 e. The fraction of sp³-hybridized carbons (Fsp3) is 0.278. The lowest BCUT2D eigenvalue weighted by atomic mass is 10.0. The molecule has 3 nitrogen and oxygen atoms in total.